The van der Waals surface area contributed by atoms with E-state index in [-0.39, 0.29) is 12.5 Å². The number of hydrogen-bond acceptors (Lipinski definition) is 5. The van der Waals surface area contributed by atoms with Crippen LogP contribution in [0.1, 0.15) is 11.6 Å². The molecule has 1 aromatic heterocycles. The van der Waals surface area contributed by atoms with Crippen molar-refractivity contribution in [2.45, 2.75) is 12.1 Å². The Morgan fingerprint density at radius 3 is 2.48 bits per heavy atom. The molecule has 8 nitrogen and oxygen atoms in total. The number of hydrogen-bond donors (Lipinski definition) is 2. The Morgan fingerprint density at radius 2 is 1.71 bits per heavy atom. The van der Waals surface area contributed by atoms with Gasteiger partial charge in [0.2, 0.25) is 6.10 Å². The first kappa shape index (κ1) is 19.4. The van der Waals surface area contributed by atoms with Gasteiger partial charge in [-0.05, 0) is 18.2 Å². The van der Waals surface area contributed by atoms with E-state index in [9.17, 15) is 14.7 Å². The number of fused-ring (bicyclic) bond motifs is 2. The third-order valence-corrected chi connectivity index (χ3v) is 5.92. The molecule has 1 fully saturated rings. The average Bonchev–Trinajstić information content (AvgIpc) is 3.22. The summed E-state index contributed by atoms with van der Waals surface area (Å²) in [5.74, 6) is 0.175. The van der Waals surface area contributed by atoms with E-state index in [1.807, 2.05) is 47.4 Å². The Kier molecular flexibility index (Phi) is 4.99. The highest BCUT2D eigenvalue weighted by atomic mass is 16.6. The lowest BCUT2D eigenvalue weighted by Crippen LogP contribution is -2.55. The van der Waals surface area contributed by atoms with Crippen molar-refractivity contribution in [1.82, 2.24) is 14.8 Å². The molecule has 0 spiro atoms. The van der Waals surface area contributed by atoms with Crippen molar-refractivity contribution >= 4 is 22.8 Å². The van der Waals surface area contributed by atoms with Crippen molar-refractivity contribution in [3.05, 3.63) is 60.3 Å². The molecule has 0 radical (unpaired) electrons. The molecule has 0 saturated carbocycles. The van der Waals surface area contributed by atoms with E-state index >= 15 is 0 Å². The zero-order chi connectivity index (χ0) is 21.4. The van der Waals surface area contributed by atoms with Gasteiger partial charge in [-0.25, -0.2) is 0 Å². The van der Waals surface area contributed by atoms with Gasteiger partial charge >= 0.3 is 5.97 Å². The summed E-state index contributed by atoms with van der Waals surface area (Å²) in [4.78, 5) is 31.9. The number of benzene rings is 2. The Balaban J connectivity index is 1.27. The van der Waals surface area contributed by atoms with Crippen LogP contribution in [0.25, 0.3) is 10.9 Å². The molecule has 3 heterocycles. The van der Waals surface area contributed by atoms with Crippen LogP contribution in [0.15, 0.2) is 54.7 Å². The molecule has 3 aromatic rings. The minimum absolute atomic E-state index is 0.131. The van der Waals surface area contributed by atoms with Crippen LogP contribution in [-0.4, -0.2) is 70.7 Å². The maximum Gasteiger partial charge on any atom is 0.325 e. The molecule has 2 N–H and O–H groups in total. The molecular formula is C23H23N3O5. The van der Waals surface area contributed by atoms with Gasteiger partial charge in [0, 0.05) is 48.8 Å². The second-order valence-electron chi connectivity index (χ2n) is 7.76. The highest BCUT2D eigenvalue weighted by molar-refractivity contribution is 5.89. The molecule has 0 unspecified atom stereocenters. The molecular weight excluding hydrogens is 398 g/mol. The smallest absolute Gasteiger partial charge is 0.325 e. The Labute approximate surface area is 179 Å². The molecule has 2 aliphatic heterocycles. The van der Waals surface area contributed by atoms with E-state index in [0.29, 0.717) is 37.7 Å². The van der Waals surface area contributed by atoms with E-state index in [1.54, 1.807) is 17.2 Å². The average molecular weight is 421 g/mol. The van der Waals surface area contributed by atoms with Gasteiger partial charge in [-0.3, -0.25) is 14.5 Å². The fraction of sp³-hybridized carbons (Fsp3) is 0.304. The predicted octanol–water partition coefficient (Wildman–Crippen LogP) is 2.28. The number of nitrogens with zero attached hydrogens (tertiary/aromatic N) is 2. The molecule has 2 aromatic carbocycles. The maximum absolute atomic E-state index is 13.0. The fourth-order valence-corrected chi connectivity index (χ4v) is 4.35. The zero-order valence-electron chi connectivity index (χ0n) is 16.9. The first-order valence-electron chi connectivity index (χ1n) is 10.3. The molecule has 8 heteroatoms. The molecule has 2 aliphatic rings. The Bertz CT molecular complexity index is 1120. The topological polar surface area (TPSA) is 95.1 Å². The largest absolute Gasteiger partial charge is 0.485 e. The van der Waals surface area contributed by atoms with Crippen molar-refractivity contribution in [3.8, 4) is 11.5 Å². The number of amides is 1. The van der Waals surface area contributed by atoms with Crippen LogP contribution in [0.5, 0.6) is 11.5 Å². The van der Waals surface area contributed by atoms with Gasteiger partial charge in [-0.2, -0.15) is 0 Å². The van der Waals surface area contributed by atoms with Gasteiger partial charge < -0.3 is 24.5 Å². The van der Waals surface area contributed by atoms with E-state index in [0.717, 1.165) is 16.5 Å². The highest BCUT2D eigenvalue weighted by Gasteiger charge is 2.36. The second-order valence-corrected chi connectivity index (χ2v) is 7.76. The summed E-state index contributed by atoms with van der Waals surface area (Å²) in [7, 11) is 0. The summed E-state index contributed by atoms with van der Waals surface area (Å²) in [5.41, 5.74) is 1.65. The summed E-state index contributed by atoms with van der Waals surface area (Å²) in [6, 6.07) is 14.2. The van der Waals surface area contributed by atoms with Gasteiger partial charge in [0.05, 0.1) is 0 Å². The standard InChI is InChI=1S/C23H23N3O5/c27-22(20-14-30-18-7-3-4-8-19(18)31-20)26-11-9-25(10-12-26)21(23(28)29)16-13-24-17-6-2-1-5-15(16)17/h1-8,13,20-21,24H,9-12,14H2,(H,28,29)/t20-,21-/m0/s1. The van der Waals surface area contributed by atoms with Crippen LogP contribution in [-0.2, 0) is 9.59 Å². The van der Waals surface area contributed by atoms with Crippen molar-refractivity contribution in [2.24, 2.45) is 0 Å². The first-order valence-corrected chi connectivity index (χ1v) is 10.3. The van der Waals surface area contributed by atoms with Crippen molar-refractivity contribution < 1.29 is 24.2 Å². The monoisotopic (exact) mass is 421 g/mol. The van der Waals surface area contributed by atoms with E-state index in [2.05, 4.69) is 4.98 Å². The SMILES string of the molecule is O=C(O)[C@H](c1c[nH]c2ccccc12)N1CCN(C(=O)[C@@H]2COc3ccccc3O2)CC1. The number of carbonyl (C=O) groups excluding carboxylic acids is 1. The van der Waals surface area contributed by atoms with E-state index in [4.69, 9.17) is 9.47 Å². The molecule has 0 bridgehead atoms. The predicted molar refractivity (Wildman–Crippen MR) is 113 cm³/mol. The molecule has 5 rings (SSSR count). The number of piperazine rings is 1. The number of carboxylic acid groups (broad SMARTS) is 1. The first-order chi connectivity index (χ1) is 15.1. The molecule has 160 valence electrons. The number of carboxylic acids is 1. The maximum atomic E-state index is 13.0. The van der Waals surface area contributed by atoms with Crippen molar-refractivity contribution in [1.29, 1.82) is 0 Å². The van der Waals surface area contributed by atoms with Gasteiger partial charge in [0.15, 0.2) is 11.5 Å². The number of aromatic nitrogens is 1. The number of rotatable bonds is 4. The van der Waals surface area contributed by atoms with Crippen LogP contribution in [0.2, 0.25) is 0 Å². The third kappa shape index (κ3) is 3.59. The quantitative estimate of drug-likeness (QED) is 0.671. The summed E-state index contributed by atoms with van der Waals surface area (Å²) in [6.45, 7) is 1.97. The molecule has 1 amide bonds. The van der Waals surface area contributed by atoms with Crippen LogP contribution in [0.3, 0.4) is 0 Å². The number of aromatic amines is 1. The lowest BCUT2D eigenvalue weighted by atomic mass is 10.0. The Morgan fingerprint density at radius 1 is 1.00 bits per heavy atom. The number of H-pyrrole nitrogens is 1. The lowest BCUT2D eigenvalue weighted by Gasteiger charge is -2.39. The molecule has 0 aliphatic carbocycles. The number of ether oxygens (including phenoxy) is 2. The molecule has 31 heavy (non-hydrogen) atoms. The Hall–Kier alpha value is -3.52. The summed E-state index contributed by atoms with van der Waals surface area (Å²) >= 11 is 0. The van der Waals surface area contributed by atoms with Crippen molar-refractivity contribution in [2.75, 3.05) is 32.8 Å². The minimum Gasteiger partial charge on any atom is -0.485 e. The number of para-hydroxylation sites is 3. The van der Waals surface area contributed by atoms with Crippen molar-refractivity contribution in [3.63, 3.8) is 0 Å². The van der Waals surface area contributed by atoms with Crippen LogP contribution >= 0.6 is 0 Å². The zero-order valence-corrected chi connectivity index (χ0v) is 16.9. The number of aliphatic carboxylic acids is 1. The van der Waals surface area contributed by atoms with Crippen LogP contribution < -0.4 is 9.47 Å². The molecule has 2 atom stereocenters. The normalized spacial score (nSPS) is 19.9. The van der Waals surface area contributed by atoms with Crippen LogP contribution in [0, 0.1) is 0 Å². The third-order valence-electron chi connectivity index (χ3n) is 5.92. The lowest BCUT2D eigenvalue weighted by molar-refractivity contribution is -0.147. The van der Waals surface area contributed by atoms with Gasteiger partial charge in [0.1, 0.15) is 12.6 Å². The number of nitrogens with one attached hydrogen (secondary N) is 1. The summed E-state index contributed by atoms with van der Waals surface area (Å²) < 4.78 is 11.5. The second kappa shape index (κ2) is 7.96. The summed E-state index contributed by atoms with van der Waals surface area (Å²) in [6.07, 6.45) is 1.08. The summed E-state index contributed by atoms with van der Waals surface area (Å²) in [5, 5.41) is 10.9. The van der Waals surface area contributed by atoms with E-state index < -0.39 is 18.1 Å². The highest BCUT2D eigenvalue weighted by Crippen LogP contribution is 2.32. The van der Waals surface area contributed by atoms with Gasteiger partial charge in [-0.15, -0.1) is 0 Å². The van der Waals surface area contributed by atoms with E-state index in [1.165, 1.54) is 0 Å². The number of carbonyl (C=O) groups is 2. The van der Waals surface area contributed by atoms with Gasteiger partial charge in [0.25, 0.3) is 5.91 Å². The fourth-order valence-electron chi connectivity index (χ4n) is 4.35. The molecule has 1 saturated heterocycles. The van der Waals surface area contributed by atoms with Crippen LogP contribution in [0.4, 0.5) is 0 Å². The van der Waals surface area contributed by atoms with Gasteiger partial charge in [-0.1, -0.05) is 30.3 Å². The minimum atomic E-state index is -0.898.